The van der Waals surface area contributed by atoms with E-state index in [1.165, 1.54) is 12.1 Å². The highest BCUT2D eigenvalue weighted by molar-refractivity contribution is 6.04. The van der Waals surface area contributed by atoms with Crippen molar-refractivity contribution in [1.82, 2.24) is 19.8 Å². The fourth-order valence-electron chi connectivity index (χ4n) is 4.64. The number of hydrogen-bond acceptors (Lipinski definition) is 7. The summed E-state index contributed by atoms with van der Waals surface area (Å²) in [6, 6.07) is 17.4. The van der Waals surface area contributed by atoms with Gasteiger partial charge in [-0.3, -0.25) is 9.69 Å². The lowest BCUT2D eigenvalue weighted by Gasteiger charge is -2.32. The van der Waals surface area contributed by atoms with Crippen molar-refractivity contribution < 1.29 is 27.1 Å². The summed E-state index contributed by atoms with van der Waals surface area (Å²) in [7, 11) is 2.12. The van der Waals surface area contributed by atoms with E-state index in [1.807, 2.05) is 19.1 Å². The third kappa shape index (κ3) is 8.05. The molecule has 0 bridgehead atoms. The first-order valence-electron chi connectivity index (χ1n) is 13.6. The highest BCUT2D eigenvalue weighted by Crippen LogP contribution is 2.28. The Morgan fingerprint density at radius 1 is 0.977 bits per heavy atom. The quantitative estimate of drug-likeness (QED) is 0.234. The zero-order valence-electron chi connectivity index (χ0n) is 23.6. The van der Waals surface area contributed by atoms with Crippen LogP contribution in [0.1, 0.15) is 21.5 Å². The number of nitrogens with one attached hydrogen (secondary N) is 2. The van der Waals surface area contributed by atoms with Gasteiger partial charge < -0.3 is 20.3 Å². The molecule has 0 spiro atoms. The van der Waals surface area contributed by atoms with Crippen LogP contribution in [0, 0.1) is 12.7 Å². The van der Waals surface area contributed by atoms with Crippen molar-refractivity contribution in [3.63, 3.8) is 0 Å². The lowest BCUT2D eigenvalue weighted by molar-refractivity contribution is -0.274. The summed E-state index contributed by atoms with van der Waals surface area (Å²) in [5.74, 6) is -1.37. The fourth-order valence-corrected chi connectivity index (χ4v) is 4.64. The van der Waals surface area contributed by atoms with Crippen molar-refractivity contribution in [3.05, 3.63) is 95.4 Å². The van der Waals surface area contributed by atoms with Crippen LogP contribution in [0.2, 0.25) is 0 Å². The number of carbonyl (C=O) groups is 1. The number of alkyl halides is 3. The van der Waals surface area contributed by atoms with Crippen LogP contribution < -0.4 is 15.4 Å². The summed E-state index contributed by atoms with van der Waals surface area (Å²) >= 11 is 0. The number of hydrogen-bond donors (Lipinski definition) is 2. The van der Waals surface area contributed by atoms with Crippen molar-refractivity contribution in [2.24, 2.45) is 0 Å². The largest absolute Gasteiger partial charge is 0.573 e. The number of benzene rings is 3. The van der Waals surface area contributed by atoms with Crippen LogP contribution in [0.4, 0.5) is 34.9 Å². The Morgan fingerprint density at radius 2 is 1.67 bits per heavy atom. The second kappa shape index (κ2) is 12.8. The van der Waals surface area contributed by atoms with Crippen molar-refractivity contribution in [3.8, 4) is 17.0 Å². The molecular weight excluding hydrogens is 564 g/mol. The molecule has 12 heteroatoms. The number of amides is 1. The summed E-state index contributed by atoms with van der Waals surface area (Å²) in [6.45, 7) is 6.85. The average Bonchev–Trinajstić information content (AvgIpc) is 2.97. The third-order valence-corrected chi connectivity index (χ3v) is 7.06. The number of ether oxygens (including phenoxy) is 1. The van der Waals surface area contributed by atoms with Crippen LogP contribution >= 0.6 is 0 Å². The van der Waals surface area contributed by atoms with Crippen molar-refractivity contribution in [1.29, 1.82) is 0 Å². The molecule has 224 valence electrons. The Bertz CT molecular complexity index is 1570. The van der Waals surface area contributed by atoms with E-state index < -0.39 is 17.9 Å². The predicted molar refractivity (Wildman–Crippen MR) is 156 cm³/mol. The topological polar surface area (TPSA) is 82.6 Å². The Kier molecular flexibility index (Phi) is 8.88. The van der Waals surface area contributed by atoms with Gasteiger partial charge in [0.1, 0.15) is 11.4 Å². The maximum atomic E-state index is 14.5. The molecule has 1 aliphatic rings. The summed E-state index contributed by atoms with van der Waals surface area (Å²) in [5.41, 5.74) is 3.98. The van der Waals surface area contributed by atoms with E-state index in [-0.39, 0.29) is 23.1 Å². The number of piperazine rings is 1. The Hall–Kier alpha value is -4.55. The number of aryl methyl sites for hydroxylation is 1. The van der Waals surface area contributed by atoms with Crippen LogP contribution in [-0.2, 0) is 6.54 Å². The number of aromatic nitrogens is 2. The smallest absolute Gasteiger partial charge is 0.406 e. The molecule has 0 saturated carbocycles. The van der Waals surface area contributed by atoms with E-state index in [2.05, 4.69) is 48.3 Å². The molecule has 0 aliphatic carbocycles. The second-order valence-electron chi connectivity index (χ2n) is 10.3. The molecule has 0 unspecified atom stereocenters. The van der Waals surface area contributed by atoms with E-state index in [9.17, 15) is 22.4 Å². The van der Waals surface area contributed by atoms with Gasteiger partial charge in [0.2, 0.25) is 5.95 Å². The minimum atomic E-state index is -4.83. The molecule has 8 nitrogen and oxygen atoms in total. The number of likely N-dealkylation sites (N-methyl/N-ethyl adjacent to an activating group) is 1. The molecule has 1 aromatic heterocycles. The molecule has 5 rings (SSSR count). The lowest BCUT2D eigenvalue weighted by atomic mass is 10.1. The van der Waals surface area contributed by atoms with Gasteiger partial charge in [-0.15, -0.1) is 13.2 Å². The van der Waals surface area contributed by atoms with Gasteiger partial charge in [-0.25, -0.2) is 14.4 Å². The Balaban J connectivity index is 1.22. The van der Waals surface area contributed by atoms with Crippen LogP contribution in [0.3, 0.4) is 0 Å². The molecule has 0 radical (unpaired) electrons. The predicted octanol–water partition coefficient (Wildman–Crippen LogP) is 6.23. The van der Waals surface area contributed by atoms with Gasteiger partial charge in [0.05, 0.1) is 6.20 Å². The molecular formula is C31H30F4N6O2. The second-order valence-corrected chi connectivity index (χ2v) is 10.3. The van der Waals surface area contributed by atoms with Crippen molar-refractivity contribution in [2.75, 3.05) is 43.9 Å². The van der Waals surface area contributed by atoms with Crippen LogP contribution in [-0.4, -0.2) is 65.3 Å². The first kappa shape index (κ1) is 29.9. The van der Waals surface area contributed by atoms with Crippen LogP contribution in [0.5, 0.6) is 5.75 Å². The minimum Gasteiger partial charge on any atom is -0.406 e. The molecule has 2 heterocycles. The molecule has 2 N–H and O–H groups in total. The van der Waals surface area contributed by atoms with Crippen molar-refractivity contribution in [2.45, 2.75) is 19.8 Å². The van der Waals surface area contributed by atoms with Gasteiger partial charge >= 0.3 is 6.36 Å². The monoisotopic (exact) mass is 594 g/mol. The maximum absolute atomic E-state index is 14.5. The van der Waals surface area contributed by atoms with Gasteiger partial charge in [0.15, 0.2) is 5.82 Å². The molecule has 1 amide bonds. The minimum absolute atomic E-state index is 0.0667. The van der Waals surface area contributed by atoms with Gasteiger partial charge in [0.25, 0.3) is 5.91 Å². The highest BCUT2D eigenvalue weighted by Gasteiger charge is 2.31. The van der Waals surface area contributed by atoms with E-state index >= 15 is 0 Å². The SMILES string of the molecule is Cc1ccc(CN2CCN(C)CC2)cc1NC(=O)c1ccc(Nc2ncc(F)c(-c3ccc(OC(F)(F)F)cc3)n2)cc1. The highest BCUT2D eigenvalue weighted by atomic mass is 19.4. The van der Waals surface area contributed by atoms with Gasteiger partial charge in [-0.05, 0) is 79.7 Å². The molecule has 3 aromatic carbocycles. The molecule has 4 aromatic rings. The number of anilines is 3. The lowest BCUT2D eigenvalue weighted by Crippen LogP contribution is -2.43. The van der Waals surface area contributed by atoms with E-state index in [0.29, 0.717) is 11.3 Å². The summed E-state index contributed by atoms with van der Waals surface area (Å²) in [5, 5.41) is 5.96. The van der Waals surface area contributed by atoms with E-state index in [0.717, 1.165) is 67.9 Å². The van der Waals surface area contributed by atoms with Gasteiger partial charge in [-0.2, -0.15) is 0 Å². The average molecular weight is 595 g/mol. The zero-order valence-corrected chi connectivity index (χ0v) is 23.6. The van der Waals surface area contributed by atoms with Crippen LogP contribution in [0.15, 0.2) is 72.9 Å². The summed E-state index contributed by atoms with van der Waals surface area (Å²) < 4.78 is 55.6. The van der Waals surface area contributed by atoms with Gasteiger partial charge in [0, 0.05) is 55.2 Å². The van der Waals surface area contributed by atoms with E-state index in [1.54, 1.807) is 24.3 Å². The summed E-state index contributed by atoms with van der Waals surface area (Å²) in [4.78, 5) is 25.9. The van der Waals surface area contributed by atoms with Gasteiger partial charge in [-0.1, -0.05) is 12.1 Å². The Labute approximate surface area is 246 Å². The van der Waals surface area contributed by atoms with Crippen LogP contribution in [0.25, 0.3) is 11.3 Å². The third-order valence-electron chi connectivity index (χ3n) is 7.06. The molecule has 0 atom stereocenters. The standard InChI is InChI=1S/C31H30F4N6O2/c1-20-3-4-21(19-41-15-13-40(2)14-16-41)17-27(20)38-29(42)23-5-9-24(10-6-23)37-30-36-18-26(32)28(39-30)22-7-11-25(12-8-22)43-31(33,34)35/h3-12,17-18H,13-16,19H2,1-2H3,(H,38,42)(H,36,37,39). The van der Waals surface area contributed by atoms with E-state index in [4.69, 9.17) is 0 Å². The molecule has 1 aliphatic heterocycles. The number of nitrogens with zero attached hydrogens (tertiary/aromatic N) is 4. The number of carbonyl (C=O) groups excluding carboxylic acids is 1. The normalized spacial score (nSPS) is 14.4. The zero-order chi connectivity index (χ0) is 30.6. The summed E-state index contributed by atoms with van der Waals surface area (Å²) in [6.07, 6.45) is -3.86. The fraction of sp³-hybridized carbons (Fsp3) is 0.258. The number of rotatable bonds is 8. The van der Waals surface area contributed by atoms with Crippen molar-refractivity contribution >= 4 is 23.2 Å². The molecule has 43 heavy (non-hydrogen) atoms. The molecule has 1 saturated heterocycles. The first-order valence-corrected chi connectivity index (χ1v) is 13.6. The Morgan fingerprint density at radius 3 is 2.35 bits per heavy atom. The maximum Gasteiger partial charge on any atom is 0.573 e. The number of halogens is 4. The first-order chi connectivity index (χ1) is 20.5. The molecule has 1 fully saturated rings.